The number of ether oxygens (including phenoxy) is 2. The van der Waals surface area contributed by atoms with Crippen molar-refractivity contribution in [2.45, 2.75) is 26.6 Å². The molecule has 1 atom stereocenters. The number of benzene rings is 2. The topological polar surface area (TPSA) is 68.9 Å². The lowest BCUT2D eigenvalue weighted by Crippen LogP contribution is -2.26. The summed E-state index contributed by atoms with van der Waals surface area (Å²) in [6.45, 7) is 5.00. The molecule has 2 aromatic carbocycles. The summed E-state index contributed by atoms with van der Waals surface area (Å²) in [7, 11) is 1.67. The molecule has 0 aliphatic carbocycles. The van der Waals surface area contributed by atoms with Gasteiger partial charge in [0.05, 0.1) is 13.2 Å². The molecule has 25 heavy (non-hydrogen) atoms. The maximum absolute atomic E-state index is 5.97. The number of nitrogens with two attached hydrogens (primary N) is 1. The maximum atomic E-state index is 5.97. The van der Waals surface area contributed by atoms with Gasteiger partial charge in [0.2, 0.25) is 0 Å². The van der Waals surface area contributed by atoms with Gasteiger partial charge < -0.3 is 20.5 Å². The molecule has 0 saturated carbocycles. The molecule has 0 aliphatic rings. The summed E-state index contributed by atoms with van der Waals surface area (Å²) in [5.41, 5.74) is 9.11. The van der Waals surface area contributed by atoms with Gasteiger partial charge in [0.25, 0.3) is 0 Å². The fraction of sp³-hybridized carbons (Fsp3) is 0.316. The molecule has 0 spiro atoms. The molecule has 0 fully saturated rings. The van der Waals surface area contributed by atoms with E-state index in [1.165, 1.54) is 5.56 Å². The third kappa shape index (κ3) is 7.31. The number of hydrogen-bond donors (Lipinski definition) is 2. The second-order valence-electron chi connectivity index (χ2n) is 5.68. The number of guanidine groups is 1. The van der Waals surface area contributed by atoms with Crippen LogP contribution < -0.4 is 15.8 Å². The van der Waals surface area contributed by atoms with Gasteiger partial charge in [-0.2, -0.15) is 0 Å². The highest BCUT2D eigenvalue weighted by Crippen LogP contribution is 2.16. The van der Waals surface area contributed by atoms with E-state index in [-0.39, 0.29) is 30.1 Å². The van der Waals surface area contributed by atoms with Crippen LogP contribution in [-0.4, -0.2) is 25.7 Å². The van der Waals surface area contributed by atoms with E-state index in [1.54, 1.807) is 7.11 Å². The van der Waals surface area contributed by atoms with Crippen LogP contribution in [-0.2, 0) is 11.3 Å². The molecule has 0 radical (unpaired) electrons. The number of rotatable bonds is 7. The first-order valence-electron chi connectivity index (χ1n) is 7.95. The lowest BCUT2D eigenvalue weighted by Gasteiger charge is -2.14. The minimum absolute atomic E-state index is 0. The number of aryl methyl sites for hydroxylation is 1. The summed E-state index contributed by atoms with van der Waals surface area (Å²) in [6, 6.07) is 15.8. The van der Waals surface area contributed by atoms with Gasteiger partial charge in [-0.15, -0.1) is 24.0 Å². The van der Waals surface area contributed by atoms with Crippen molar-refractivity contribution in [2.75, 3.05) is 19.0 Å². The van der Waals surface area contributed by atoms with Gasteiger partial charge in [-0.25, -0.2) is 4.99 Å². The monoisotopic (exact) mass is 455 g/mol. The summed E-state index contributed by atoms with van der Waals surface area (Å²) in [5.74, 6) is 1.19. The predicted octanol–water partition coefficient (Wildman–Crippen LogP) is 3.95. The number of nitrogens with one attached hydrogen (secondary N) is 1. The van der Waals surface area contributed by atoms with Crippen LogP contribution in [0.3, 0.4) is 0 Å². The summed E-state index contributed by atoms with van der Waals surface area (Å²) in [4.78, 5) is 4.35. The molecule has 0 saturated heterocycles. The van der Waals surface area contributed by atoms with Gasteiger partial charge >= 0.3 is 0 Å². The molecule has 0 aliphatic heterocycles. The Labute approximate surface area is 166 Å². The third-order valence-electron chi connectivity index (χ3n) is 3.46. The average Bonchev–Trinajstić information content (AvgIpc) is 2.57. The largest absolute Gasteiger partial charge is 0.489 e. The van der Waals surface area contributed by atoms with Gasteiger partial charge in [-0.3, -0.25) is 0 Å². The van der Waals surface area contributed by atoms with E-state index in [1.807, 2.05) is 62.4 Å². The van der Waals surface area contributed by atoms with Gasteiger partial charge in [0.1, 0.15) is 11.9 Å². The third-order valence-corrected chi connectivity index (χ3v) is 3.46. The van der Waals surface area contributed by atoms with Gasteiger partial charge in [0.15, 0.2) is 5.96 Å². The predicted molar refractivity (Wildman–Crippen MR) is 114 cm³/mol. The van der Waals surface area contributed by atoms with E-state index in [0.717, 1.165) is 17.0 Å². The van der Waals surface area contributed by atoms with E-state index < -0.39 is 0 Å². The molecule has 3 N–H and O–H groups in total. The highest BCUT2D eigenvalue weighted by Gasteiger charge is 2.05. The van der Waals surface area contributed by atoms with Crippen LogP contribution >= 0.6 is 24.0 Å². The van der Waals surface area contributed by atoms with Crippen molar-refractivity contribution in [3.8, 4) is 5.75 Å². The standard InChI is InChI=1S/C19H25N3O2.HI/c1-14-8-10-17(11-9-14)24-15(2)12-21-19(20)22-18-7-5-4-6-16(18)13-23-3;/h4-11,15H,12-13H2,1-3H3,(H3,20,21,22);1H. The van der Waals surface area contributed by atoms with E-state index in [2.05, 4.69) is 10.3 Å². The highest BCUT2D eigenvalue weighted by atomic mass is 127. The molecule has 2 aromatic rings. The molecule has 1 unspecified atom stereocenters. The summed E-state index contributed by atoms with van der Waals surface area (Å²) in [5, 5.41) is 3.11. The van der Waals surface area contributed by atoms with Crippen LogP contribution in [0, 0.1) is 6.92 Å². The second kappa shape index (κ2) is 10.9. The number of para-hydroxylation sites is 1. The Morgan fingerprint density at radius 3 is 2.52 bits per heavy atom. The molecule has 0 heterocycles. The van der Waals surface area contributed by atoms with Crippen molar-refractivity contribution in [3.05, 3.63) is 59.7 Å². The lowest BCUT2D eigenvalue weighted by atomic mass is 10.2. The van der Waals surface area contributed by atoms with Crippen LogP contribution in [0.4, 0.5) is 5.69 Å². The fourth-order valence-corrected chi connectivity index (χ4v) is 2.21. The Kier molecular flexibility index (Phi) is 9.30. The van der Waals surface area contributed by atoms with Crippen molar-refractivity contribution in [3.63, 3.8) is 0 Å². The number of nitrogens with zero attached hydrogens (tertiary/aromatic N) is 1. The van der Waals surface area contributed by atoms with E-state index in [0.29, 0.717) is 19.1 Å². The summed E-state index contributed by atoms with van der Waals surface area (Å²) >= 11 is 0. The minimum atomic E-state index is -0.0673. The zero-order valence-corrected chi connectivity index (χ0v) is 17.2. The van der Waals surface area contributed by atoms with Crippen molar-refractivity contribution < 1.29 is 9.47 Å². The highest BCUT2D eigenvalue weighted by molar-refractivity contribution is 14.0. The van der Waals surface area contributed by atoms with E-state index in [9.17, 15) is 0 Å². The lowest BCUT2D eigenvalue weighted by molar-refractivity contribution is 0.185. The van der Waals surface area contributed by atoms with Gasteiger partial charge in [-0.05, 0) is 32.0 Å². The number of hydrogen-bond acceptors (Lipinski definition) is 3. The molecule has 5 nitrogen and oxygen atoms in total. The van der Waals surface area contributed by atoms with Crippen molar-refractivity contribution in [1.29, 1.82) is 0 Å². The SMILES string of the molecule is COCc1ccccc1NC(N)=NCC(C)Oc1ccc(C)cc1.I. The number of halogens is 1. The summed E-state index contributed by atoms with van der Waals surface area (Å²) in [6.07, 6.45) is -0.0673. The first kappa shape index (κ1) is 21.2. The first-order valence-corrected chi connectivity index (χ1v) is 7.95. The van der Waals surface area contributed by atoms with Crippen LogP contribution in [0.2, 0.25) is 0 Å². The smallest absolute Gasteiger partial charge is 0.193 e. The Morgan fingerprint density at radius 1 is 1.16 bits per heavy atom. The van der Waals surface area contributed by atoms with Crippen LogP contribution in [0.5, 0.6) is 5.75 Å². The molecule has 0 amide bonds. The van der Waals surface area contributed by atoms with Gasteiger partial charge in [0, 0.05) is 18.4 Å². The molecule has 0 bridgehead atoms. The van der Waals surface area contributed by atoms with Crippen LogP contribution in [0.1, 0.15) is 18.1 Å². The number of anilines is 1. The van der Waals surface area contributed by atoms with Crippen LogP contribution in [0.15, 0.2) is 53.5 Å². The zero-order valence-electron chi connectivity index (χ0n) is 14.9. The Balaban J connectivity index is 0.00000312. The molecule has 2 rings (SSSR count). The Morgan fingerprint density at radius 2 is 1.84 bits per heavy atom. The van der Waals surface area contributed by atoms with Crippen molar-refractivity contribution >= 4 is 35.6 Å². The first-order chi connectivity index (χ1) is 11.6. The molecule has 6 heteroatoms. The molecule has 136 valence electrons. The Hall–Kier alpha value is -1.80. The molecular weight excluding hydrogens is 429 g/mol. The minimum Gasteiger partial charge on any atom is -0.489 e. The second-order valence-corrected chi connectivity index (χ2v) is 5.68. The quantitative estimate of drug-likeness (QED) is 0.377. The van der Waals surface area contributed by atoms with Crippen LogP contribution in [0.25, 0.3) is 0 Å². The fourth-order valence-electron chi connectivity index (χ4n) is 2.21. The molecular formula is C19H26IN3O2. The normalized spacial score (nSPS) is 12.2. The van der Waals surface area contributed by atoms with E-state index >= 15 is 0 Å². The van der Waals surface area contributed by atoms with Gasteiger partial charge in [-0.1, -0.05) is 35.9 Å². The zero-order chi connectivity index (χ0) is 17.4. The average molecular weight is 455 g/mol. The Bertz CT molecular complexity index is 675. The maximum Gasteiger partial charge on any atom is 0.193 e. The van der Waals surface area contributed by atoms with Crippen molar-refractivity contribution in [2.24, 2.45) is 10.7 Å². The number of methoxy groups -OCH3 is 1. The molecule has 0 aromatic heterocycles. The summed E-state index contributed by atoms with van der Waals surface area (Å²) < 4.78 is 11.0. The number of aliphatic imine (C=N–C) groups is 1. The van der Waals surface area contributed by atoms with Crippen molar-refractivity contribution in [1.82, 2.24) is 0 Å². The van der Waals surface area contributed by atoms with E-state index in [4.69, 9.17) is 15.2 Å².